The van der Waals surface area contributed by atoms with Crippen molar-refractivity contribution in [1.82, 2.24) is 0 Å². The number of aromatic hydroxyl groups is 2. The number of carbonyl (C=O) groups is 2. The number of primary amides is 1. The van der Waals surface area contributed by atoms with E-state index in [1.165, 1.54) is 13.0 Å². The van der Waals surface area contributed by atoms with Crippen LogP contribution in [0.5, 0.6) is 11.5 Å². The first-order valence-corrected chi connectivity index (χ1v) is 5.10. The second-order valence-corrected chi connectivity index (χ2v) is 3.65. The fourth-order valence-electron chi connectivity index (χ4n) is 1.33. The number of amides is 2. The Balaban J connectivity index is 3.32. The molecule has 0 fully saturated rings. The van der Waals surface area contributed by atoms with Crippen LogP contribution in [0, 0.1) is 11.3 Å². The topological polar surface area (TPSA) is 136 Å². The monoisotopic (exact) mass is 261 g/mol. The molecule has 0 spiro atoms. The van der Waals surface area contributed by atoms with Crippen LogP contribution in [0.15, 0.2) is 17.7 Å². The molecule has 0 aliphatic carbocycles. The van der Waals surface area contributed by atoms with E-state index in [-0.39, 0.29) is 16.8 Å². The van der Waals surface area contributed by atoms with Gasteiger partial charge in [0.2, 0.25) is 5.91 Å². The third-order valence-electron chi connectivity index (χ3n) is 2.12. The molecule has 0 heterocycles. The summed E-state index contributed by atoms with van der Waals surface area (Å²) in [5.74, 6) is -2.38. The second-order valence-electron chi connectivity index (χ2n) is 3.65. The van der Waals surface area contributed by atoms with Crippen LogP contribution in [0.3, 0.4) is 0 Å². The zero-order valence-corrected chi connectivity index (χ0v) is 9.97. The minimum Gasteiger partial charge on any atom is -0.504 e. The van der Waals surface area contributed by atoms with Crippen molar-refractivity contribution in [3.63, 3.8) is 0 Å². The summed E-state index contributed by atoms with van der Waals surface area (Å²) in [5, 5.41) is 30.0. The molecule has 1 aromatic rings. The van der Waals surface area contributed by atoms with Crippen molar-refractivity contribution in [3.05, 3.63) is 23.3 Å². The summed E-state index contributed by atoms with van der Waals surface area (Å²) in [6.45, 7) is 1.23. The van der Waals surface area contributed by atoms with Gasteiger partial charge in [-0.2, -0.15) is 5.26 Å². The Morgan fingerprint density at radius 3 is 2.53 bits per heavy atom. The van der Waals surface area contributed by atoms with Gasteiger partial charge in [-0.05, 0) is 23.8 Å². The van der Waals surface area contributed by atoms with E-state index in [2.05, 4.69) is 5.32 Å². The molecule has 19 heavy (non-hydrogen) atoms. The smallest absolute Gasteiger partial charge is 0.259 e. The number of hydrogen-bond donors (Lipinski definition) is 4. The Kier molecular flexibility index (Phi) is 4.11. The second kappa shape index (κ2) is 5.55. The lowest BCUT2D eigenvalue weighted by molar-refractivity contribution is -0.115. The molecule has 5 N–H and O–H groups in total. The van der Waals surface area contributed by atoms with Gasteiger partial charge in [0.05, 0.1) is 5.69 Å². The summed E-state index contributed by atoms with van der Waals surface area (Å²) in [4.78, 5) is 21.8. The largest absolute Gasteiger partial charge is 0.504 e. The number of nitrogens with two attached hydrogens (primary N) is 1. The average molecular weight is 261 g/mol. The Morgan fingerprint density at radius 1 is 1.42 bits per heavy atom. The van der Waals surface area contributed by atoms with Crippen molar-refractivity contribution < 1.29 is 19.8 Å². The minimum absolute atomic E-state index is 0.0412. The molecule has 0 saturated heterocycles. The maximum atomic E-state index is 10.9. The standard InChI is InChI=1S/C12H11N3O4/c1-6(16)15-9-3-7(4-10(17)11(9)18)2-8(5-13)12(14)19/h2-4,17-18H,1H3,(H2,14,19)(H,15,16)/b8-2-. The Hall–Kier alpha value is -3.01. The number of benzene rings is 1. The van der Waals surface area contributed by atoms with Gasteiger partial charge in [0, 0.05) is 6.92 Å². The molecule has 7 heteroatoms. The lowest BCUT2D eigenvalue weighted by Gasteiger charge is -2.08. The van der Waals surface area contributed by atoms with Gasteiger partial charge in [0.1, 0.15) is 11.6 Å². The zero-order valence-electron chi connectivity index (χ0n) is 9.97. The molecule has 0 saturated carbocycles. The third-order valence-corrected chi connectivity index (χ3v) is 2.12. The van der Waals surface area contributed by atoms with Crippen molar-refractivity contribution >= 4 is 23.6 Å². The molecular weight excluding hydrogens is 250 g/mol. The van der Waals surface area contributed by atoms with E-state index in [0.29, 0.717) is 0 Å². The van der Waals surface area contributed by atoms with E-state index in [9.17, 15) is 19.8 Å². The number of phenolic OH excluding ortho intramolecular Hbond substituents is 2. The average Bonchev–Trinajstić information content (AvgIpc) is 2.31. The molecule has 0 aliphatic rings. The highest BCUT2D eigenvalue weighted by atomic mass is 16.3. The number of hydrogen-bond acceptors (Lipinski definition) is 5. The van der Waals surface area contributed by atoms with E-state index < -0.39 is 23.3 Å². The molecule has 0 bridgehead atoms. The molecule has 0 radical (unpaired) electrons. The summed E-state index contributed by atoms with van der Waals surface area (Å²) >= 11 is 0. The number of nitriles is 1. The highest BCUT2D eigenvalue weighted by molar-refractivity contribution is 6.01. The van der Waals surface area contributed by atoms with Crippen LogP contribution < -0.4 is 11.1 Å². The quantitative estimate of drug-likeness (QED) is 0.355. The van der Waals surface area contributed by atoms with Gasteiger partial charge in [-0.3, -0.25) is 9.59 Å². The highest BCUT2D eigenvalue weighted by Gasteiger charge is 2.11. The molecule has 0 atom stereocenters. The number of carbonyl (C=O) groups excluding carboxylic acids is 2. The molecule has 98 valence electrons. The molecule has 0 aliphatic heterocycles. The van der Waals surface area contributed by atoms with Gasteiger partial charge >= 0.3 is 0 Å². The highest BCUT2D eigenvalue weighted by Crippen LogP contribution is 2.35. The van der Waals surface area contributed by atoms with E-state index in [0.717, 1.165) is 12.1 Å². The minimum atomic E-state index is -0.920. The Labute approximate surface area is 108 Å². The fraction of sp³-hybridized carbons (Fsp3) is 0.0833. The molecule has 2 amide bonds. The van der Waals surface area contributed by atoms with Gasteiger partial charge in [-0.25, -0.2) is 0 Å². The van der Waals surface area contributed by atoms with Crippen molar-refractivity contribution in [2.75, 3.05) is 5.32 Å². The van der Waals surface area contributed by atoms with Gasteiger partial charge < -0.3 is 21.3 Å². The normalized spacial score (nSPS) is 10.6. The third kappa shape index (κ3) is 3.47. The van der Waals surface area contributed by atoms with Crippen LogP contribution in [0.1, 0.15) is 12.5 Å². The van der Waals surface area contributed by atoms with Crippen molar-refractivity contribution in [2.24, 2.45) is 5.73 Å². The maximum Gasteiger partial charge on any atom is 0.259 e. The number of anilines is 1. The summed E-state index contributed by atoms with van der Waals surface area (Å²) < 4.78 is 0. The van der Waals surface area contributed by atoms with Crippen LogP contribution in [-0.4, -0.2) is 22.0 Å². The molecule has 0 aromatic heterocycles. The SMILES string of the molecule is CC(=O)Nc1cc(/C=C(/C#N)C(N)=O)cc(O)c1O. The van der Waals surface area contributed by atoms with Gasteiger partial charge in [0.25, 0.3) is 5.91 Å². The van der Waals surface area contributed by atoms with Crippen molar-refractivity contribution in [3.8, 4) is 17.6 Å². The van der Waals surface area contributed by atoms with Crippen molar-refractivity contribution in [1.29, 1.82) is 5.26 Å². The van der Waals surface area contributed by atoms with E-state index in [1.807, 2.05) is 0 Å². The molecular formula is C12H11N3O4. The van der Waals surface area contributed by atoms with Gasteiger partial charge in [-0.15, -0.1) is 0 Å². The van der Waals surface area contributed by atoms with Gasteiger partial charge in [-0.1, -0.05) is 0 Å². The summed E-state index contributed by atoms with van der Waals surface area (Å²) in [6.07, 6.45) is 1.13. The lowest BCUT2D eigenvalue weighted by atomic mass is 10.1. The molecule has 7 nitrogen and oxygen atoms in total. The van der Waals surface area contributed by atoms with Crippen LogP contribution in [0.4, 0.5) is 5.69 Å². The first kappa shape index (κ1) is 14.1. The van der Waals surface area contributed by atoms with Crippen LogP contribution in [0.2, 0.25) is 0 Å². The lowest BCUT2D eigenvalue weighted by Crippen LogP contribution is -2.12. The molecule has 1 rings (SSSR count). The van der Waals surface area contributed by atoms with E-state index in [1.54, 1.807) is 6.07 Å². The van der Waals surface area contributed by atoms with Crippen LogP contribution >= 0.6 is 0 Å². The Bertz CT molecular complexity index is 614. The maximum absolute atomic E-state index is 10.9. The summed E-state index contributed by atoms with van der Waals surface area (Å²) in [5.41, 5.74) is 4.84. The first-order valence-electron chi connectivity index (χ1n) is 5.10. The van der Waals surface area contributed by atoms with Crippen molar-refractivity contribution in [2.45, 2.75) is 6.92 Å². The van der Waals surface area contributed by atoms with E-state index >= 15 is 0 Å². The van der Waals surface area contributed by atoms with E-state index in [4.69, 9.17) is 11.0 Å². The zero-order chi connectivity index (χ0) is 14.6. The first-order chi connectivity index (χ1) is 8.85. The molecule has 0 unspecified atom stereocenters. The number of phenols is 2. The van der Waals surface area contributed by atoms with Gasteiger partial charge in [0.15, 0.2) is 11.5 Å². The predicted molar refractivity (Wildman–Crippen MR) is 66.9 cm³/mol. The Morgan fingerprint density at radius 2 is 2.05 bits per heavy atom. The predicted octanol–water partition coefficient (Wildman–Crippen LogP) is 0.448. The fourth-order valence-corrected chi connectivity index (χ4v) is 1.33. The summed E-state index contributed by atoms with van der Waals surface area (Å²) in [7, 11) is 0. The summed E-state index contributed by atoms with van der Waals surface area (Å²) in [6, 6.07) is 4.01. The van der Waals surface area contributed by atoms with Crippen LogP contribution in [-0.2, 0) is 9.59 Å². The number of rotatable bonds is 3. The molecule has 1 aromatic carbocycles. The number of nitrogens with one attached hydrogen (secondary N) is 1. The number of nitrogens with zero attached hydrogens (tertiary/aromatic N) is 1. The van der Waals surface area contributed by atoms with Crippen LogP contribution in [0.25, 0.3) is 6.08 Å².